The molecular weight excluding hydrogens is 622 g/mol. The minimum Gasteiger partial charge on any atom is -0.461 e. The molecule has 2 fully saturated rings. The summed E-state index contributed by atoms with van der Waals surface area (Å²) >= 11 is 0. The molecule has 2 saturated heterocycles. The van der Waals surface area contributed by atoms with E-state index in [9.17, 15) is 27.6 Å². The number of amides is 1. The summed E-state index contributed by atoms with van der Waals surface area (Å²) in [4.78, 5) is 33.0. The van der Waals surface area contributed by atoms with Crippen LogP contribution >= 0.6 is 0 Å². The molecule has 16 heteroatoms. The van der Waals surface area contributed by atoms with Gasteiger partial charge in [0.15, 0.2) is 5.83 Å². The predicted molar refractivity (Wildman–Crippen MR) is 165 cm³/mol. The van der Waals surface area contributed by atoms with Crippen LogP contribution in [0.5, 0.6) is 6.01 Å². The number of likely N-dealkylation sites (N-methyl/N-ethyl adjacent to an activating group) is 1. The monoisotopic (exact) mass is 661 g/mol. The highest BCUT2D eigenvalue weighted by molar-refractivity contribution is 5.91. The number of fused-ring (bicyclic) bond motifs is 1. The van der Waals surface area contributed by atoms with Crippen molar-refractivity contribution >= 4 is 23.4 Å². The van der Waals surface area contributed by atoms with Crippen molar-refractivity contribution in [3.63, 3.8) is 0 Å². The first kappa shape index (κ1) is 34.1. The lowest BCUT2D eigenvalue weighted by atomic mass is 9.99. The van der Waals surface area contributed by atoms with Crippen molar-refractivity contribution in [3.8, 4) is 12.1 Å². The van der Waals surface area contributed by atoms with Gasteiger partial charge < -0.3 is 29.9 Å². The van der Waals surface area contributed by atoms with E-state index in [0.29, 0.717) is 23.7 Å². The van der Waals surface area contributed by atoms with E-state index in [1.54, 1.807) is 7.11 Å². The van der Waals surface area contributed by atoms with Crippen LogP contribution in [0.3, 0.4) is 0 Å². The number of aromatic nitrogens is 3. The molecule has 2 aromatic rings. The van der Waals surface area contributed by atoms with Crippen molar-refractivity contribution < 1.29 is 31.8 Å². The standard InChI is InChI=1S/C31H39F4N9O3/c1-19-14-24(37)39-27(25(19)31(33,34)35)42-11-7-22-23(16-42)38-29(47-18-30(17-46-4)8-5-10-41(30)3)40-26(22)43-12-13-44(28(45)20(2)32)21(15-43)6-9-36/h14,21H,2,5-8,10-13,15-18H2,1,3-4H3,(H2,37,39)/t21-,30-/m0/s1. The molecule has 0 aliphatic carbocycles. The summed E-state index contributed by atoms with van der Waals surface area (Å²) < 4.78 is 68.3. The number of anilines is 3. The van der Waals surface area contributed by atoms with Crippen molar-refractivity contribution in [2.75, 3.05) is 75.6 Å². The number of piperazine rings is 1. The summed E-state index contributed by atoms with van der Waals surface area (Å²) in [6.07, 6.45) is -2.65. The number of nitrogens with zero attached hydrogens (tertiary/aromatic N) is 8. The Morgan fingerprint density at radius 1 is 1.17 bits per heavy atom. The molecule has 0 aromatic carbocycles. The number of carbonyl (C=O) groups excluding carboxylic acids is 1. The second kappa shape index (κ2) is 13.5. The van der Waals surface area contributed by atoms with Gasteiger partial charge in [-0.25, -0.2) is 9.37 Å². The Bertz CT molecular complexity index is 1570. The molecule has 3 aliphatic heterocycles. The highest BCUT2D eigenvalue weighted by Gasteiger charge is 2.42. The lowest BCUT2D eigenvalue weighted by molar-refractivity contribution is -0.137. The average Bonchev–Trinajstić information content (AvgIpc) is 3.37. The van der Waals surface area contributed by atoms with E-state index in [-0.39, 0.29) is 75.4 Å². The van der Waals surface area contributed by atoms with Crippen molar-refractivity contribution in [1.82, 2.24) is 24.8 Å². The molecule has 0 unspecified atom stereocenters. The van der Waals surface area contributed by atoms with Crippen LogP contribution in [0, 0.1) is 18.3 Å². The second-order valence-corrected chi connectivity index (χ2v) is 12.3. The summed E-state index contributed by atoms with van der Waals surface area (Å²) in [5, 5.41) is 9.49. The Hall–Kier alpha value is -4.23. The molecule has 0 radical (unpaired) electrons. The number of nitrogen functional groups attached to an aromatic ring is 1. The Labute approximate surface area is 270 Å². The van der Waals surface area contributed by atoms with Gasteiger partial charge in [-0.05, 0) is 51.4 Å². The maximum absolute atomic E-state index is 14.2. The molecule has 2 atom stereocenters. The minimum absolute atomic E-state index is 0.0228. The maximum atomic E-state index is 14.2. The first-order valence-corrected chi connectivity index (χ1v) is 15.4. The fourth-order valence-corrected chi connectivity index (χ4v) is 6.85. The lowest BCUT2D eigenvalue weighted by Crippen LogP contribution is -2.56. The highest BCUT2D eigenvalue weighted by atomic mass is 19.4. The number of alkyl halides is 3. The Kier molecular flexibility index (Phi) is 9.78. The first-order valence-electron chi connectivity index (χ1n) is 15.4. The first-order chi connectivity index (χ1) is 22.3. The molecule has 47 heavy (non-hydrogen) atoms. The van der Waals surface area contributed by atoms with Gasteiger partial charge in [-0.2, -0.15) is 28.4 Å². The van der Waals surface area contributed by atoms with Gasteiger partial charge in [-0.1, -0.05) is 6.58 Å². The zero-order valence-electron chi connectivity index (χ0n) is 26.7. The molecule has 2 aromatic heterocycles. The number of hydrogen-bond donors (Lipinski definition) is 1. The van der Waals surface area contributed by atoms with Gasteiger partial charge in [-0.15, -0.1) is 0 Å². The normalized spacial score (nSPS) is 21.8. The van der Waals surface area contributed by atoms with Gasteiger partial charge in [-0.3, -0.25) is 9.69 Å². The minimum atomic E-state index is -4.66. The Morgan fingerprint density at radius 2 is 1.94 bits per heavy atom. The molecule has 0 bridgehead atoms. The van der Waals surface area contributed by atoms with Gasteiger partial charge in [0.2, 0.25) is 0 Å². The third kappa shape index (κ3) is 6.91. The van der Waals surface area contributed by atoms with Gasteiger partial charge >= 0.3 is 12.2 Å². The summed E-state index contributed by atoms with van der Waals surface area (Å²) in [5.41, 5.74) is 5.76. The van der Waals surface area contributed by atoms with Gasteiger partial charge in [0.25, 0.3) is 5.91 Å². The number of likely N-dealkylation sites (tertiary alicyclic amines) is 1. The fraction of sp³-hybridized carbons (Fsp3) is 0.581. The number of rotatable bonds is 9. The second-order valence-electron chi connectivity index (χ2n) is 12.3. The molecule has 1 amide bonds. The highest BCUT2D eigenvalue weighted by Crippen LogP contribution is 2.41. The van der Waals surface area contributed by atoms with Crippen LogP contribution in [0.2, 0.25) is 0 Å². The maximum Gasteiger partial charge on any atom is 0.420 e. The topological polar surface area (TPSA) is 137 Å². The molecule has 0 saturated carbocycles. The Morgan fingerprint density at radius 3 is 2.57 bits per heavy atom. The smallest absolute Gasteiger partial charge is 0.420 e. The van der Waals surface area contributed by atoms with E-state index in [4.69, 9.17) is 25.2 Å². The number of nitrogens with two attached hydrogens (primary N) is 1. The molecule has 2 N–H and O–H groups in total. The zero-order valence-corrected chi connectivity index (χ0v) is 26.7. The van der Waals surface area contributed by atoms with Crippen LogP contribution in [-0.2, 0) is 28.7 Å². The molecule has 5 heterocycles. The van der Waals surface area contributed by atoms with Crippen LogP contribution in [0.25, 0.3) is 0 Å². The van der Waals surface area contributed by atoms with E-state index >= 15 is 0 Å². The number of methoxy groups -OCH3 is 1. The van der Waals surface area contributed by atoms with Crippen molar-refractivity contribution in [3.05, 3.63) is 40.9 Å². The van der Waals surface area contributed by atoms with Gasteiger partial charge in [0.05, 0.1) is 42.9 Å². The van der Waals surface area contributed by atoms with Crippen LogP contribution in [0.15, 0.2) is 18.5 Å². The SMILES string of the molecule is C=C(F)C(=O)N1CCN(c2nc(OC[C@@]3(COC)CCCN3C)nc3c2CCN(c2nc(N)cc(C)c2C(F)(F)F)C3)C[C@@H]1CC#N. The number of carbonyl (C=O) groups is 1. The molecule has 0 spiro atoms. The van der Waals surface area contributed by atoms with E-state index in [1.807, 2.05) is 11.9 Å². The van der Waals surface area contributed by atoms with Gasteiger partial charge in [0, 0.05) is 38.9 Å². The van der Waals surface area contributed by atoms with Crippen LogP contribution in [-0.4, -0.2) is 102 Å². The largest absolute Gasteiger partial charge is 0.461 e. The number of pyridine rings is 1. The van der Waals surface area contributed by atoms with Crippen molar-refractivity contribution in [1.29, 1.82) is 5.26 Å². The summed E-state index contributed by atoms with van der Waals surface area (Å²) in [6.45, 7) is 6.66. The average molecular weight is 662 g/mol. The third-order valence-corrected chi connectivity index (χ3v) is 9.25. The van der Waals surface area contributed by atoms with Crippen LogP contribution in [0.1, 0.15) is 41.6 Å². The van der Waals surface area contributed by atoms with Gasteiger partial charge in [0.1, 0.15) is 29.6 Å². The summed E-state index contributed by atoms with van der Waals surface area (Å²) in [7, 11) is 3.62. The molecular formula is C31H39F4N9O3. The molecule has 3 aliphatic rings. The number of halogens is 4. The molecule has 12 nitrogen and oxygen atoms in total. The van der Waals surface area contributed by atoms with Crippen LogP contribution < -0.4 is 20.3 Å². The summed E-state index contributed by atoms with van der Waals surface area (Å²) in [5.74, 6) is -1.79. The van der Waals surface area contributed by atoms with E-state index in [2.05, 4.69) is 22.5 Å². The molecule has 254 valence electrons. The quantitative estimate of drug-likeness (QED) is 0.313. The number of hydrogen-bond acceptors (Lipinski definition) is 11. The van der Waals surface area contributed by atoms with E-state index in [0.717, 1.165) is 19.4 Å². The number of aryl methyl sites for hydroxylation is 1. The predicted octanol–water partition coefficient (Wildman–Crippen LogP) is 3.25. The van der Waals surface area contributed by atoms with E-state index < -0.39 is 35.1 Å². The third-order valence-electron chi connectivity index (χ3n) is 9.25. The van der Waals surface area contributed by atoms with Crippen molar-refractivity contribution in [2.45, 2.75) is 56.9 Å². The van der Waals surface area contributed by atoms with Crippen LogP contribution in [0.4, 0.5) is 35.0 Å². The lowest BCUT2D eigenvalue weighted by Gasteiger charge is -2.42. The summed E-state index contributed by atoms with van der Waals surface area (Å²) in [6, 6.07) is 2.66. The van der Waals surface area contributed by atoms with Crippen molar-refractivity contribution in [2.24, 2.45) is 0 Å². The zero-order chi connectivity index (χ0) is 34.1. The number of nitriles is 1. The fourth-order valence-electron chi connectivity index (χ4n) is 6.85. The van der Waals surface area contributed by atoms with E-state index in [1.165, 1.54) is 22.8 Å². The number of ether oxygens (including phenoxy) is 2. The molecule has 5 rings (SSSR count). The Balaban J connectivity index is 1.53.